The van der Waals surface area contributed by atoms with Gasteiger partial charge in [-0.1, -0.05) is 6.92 Å². The van der Waals surface area contributed by atoms with Crippen molar-refractivity contribution < 1.29 is 13.9 Å². The highest BCUT2D eigenvalue weighted by Gasteiger charge is 2.12. The molecule has 1 N–H and O–H groups in total. The SMILES string of the molecule is CCN(Cc1ccc(-c2ccc(F)cc2C)o1)C[C@H](C)O. The quantitative estimate of drug-likeness (QED) is 0.883. The number of furan rings is 1. The van der Waals surface area contributed by atoms with Gasteiger partial charge < -0.3 is 9.52 Å². The van der Waals surface area contributed by atoms with Gasteiger partial charge in [-0.15, -0.1) is 0 Å². The van der Waals surface area contributed by atoms with E-state index in [1.165, 1.54) is 12.1 Å². The van der Waals surface area contributed by atoms with Crippen LogP contribution in [0.5, 0.6) is 0 Å². The summed E-state index contributed by atoms with van der Waals surface area (Å²) in [7, 11) is 0. The fraction of sp³-hybridized carbons (Fsp3) is 0.412. The van der Waals surface area contributed by atoms with Crippen LogP contribution in [0, 0.1) is 12.7 Å². The second-order valence-electron chi connectivity index (χ2n) is 5.40. The third kappa shape index (κ3) is 4.16. The Morgan fingerprint density at radius 2 is 2.05 bits per heavy atom. The number of halogens is 1. The van der Waals surface area contributed by atoms with Crippen LogP contribution >= 0.6 is 0 Å². The molecule has 0 fully saturated rings. The Morgan fingerprint density at radius 1 is 1.29 bits per heavy atom. The molecule has 0 spiro atoms. The molecule has 2 aromatic rings. The van der Waals surface area contributed by atoms with Crippen molar-refractivity contribution in [2.75, 3.05) is 13.1 Å². The van der Waals surface area contributed by atoms with E-state index in [1.54, 1.807) is 13.0 Å². The van der Waals surface area contributed by atoms with Gasteiger partial charge in [0.05, 0.1) is 12.6 Å². The summed E-state index contributed by atoms with van der Waals surface area (Å²) in [4.78, 5) is 2.12. The van der Waals surface area contributed by atoms with Crippen LogP contribution in [-0.2, 0) is 6.54 Å². The zero-order chi connectivity index (χ0) is 15.4. The van der Waals surface area contributed by atoms with Crippen LogP contribution in [0.3, 0.4) is 0 Å². The lowest BCUT2D eigenvalue weighted by Crippen LogP contribution is -2.30. The number of likely N-dealkylation sites (N-methyl/N-ethyl adjacent to an activating group) is 1. The number of aliphatic hydroxyl groups is 1. The van der Waals surface area contributed by atoms with Gasteiger partial charge in [0, 0.05) is 12.1 Å². The van der Waals surface area contributed by atoms with Crippen molar-refractivity contribution in [1.29, 1.82) is 0 Å². The highest BCUT2D eigenvalue weighted by atomic mass is 19.1. The Bertz CT molecular complexity index is 592. The van der Waals surface area contributed by atoms with Gasteiger partial charge in [-0.2, -0.15) is 0 Å². The maximum Gasteiger partial charge on any atom is 0.134 e. The first kappa shape index (κ1) is 15.7. The first-order valence-electron chi connectivity index (χ1n) is 7.25. The molecule has 0 saturated carbocycles. The van der Waals surface area contributed by atoms with E-state index in [-0.39, 0.29) is 11.9 Å². The van der Waals surface area contributed by atoms with Gasteiger partial charge in [0.25, 0.3) is 0 Å². The molecule has 21 heavy (non-hydrogen) atoms. The van der Waals surface area contributed by atoms with Crippen molar-refractivity contribution in [3.05, 3.63) is 47.5 Å². The first-order valence-corrected chi connectivity index (χ1v) is 7.25. The van der Waals surface area contributed by atoms with Crippen molar-refractivity contribution in [3.63, 3.8) is 0 Å². The van der Waals surface area contributed by atoms with E-state index >= 15 is 0 Å². The molecule has 0 aliphatic rings. The summed E-state index contributed by atoms with van der Waals surface area (Å²) in [5, 5.41) is 9.47. The molecule has 0 bridgehead atoms. The topological polar surface area (TPSA) is 36.6 Å². The highest BCUT2D eigenvalue weighted by molar-refractivity contribution is 5.62. The highest BCUT2D eigenvalue weighted by Crippen LogP contribution is 2.26. The third-order valence-corrected chi connectivity index (χ3v) is 3.46. The summed E-state index contributed by atoms with van der Waals surface area (Å²) in [5.41, 5.74) is 1.76. The van der Waals surface area contributed by atoms with E-state index in [2.05, 4.69) is 11.8 Å². The minimum Gasteiger partial charge on any atom is -0.460 e. The van der Waals surface area contributed by atoms with E-state index < -0.39 is 0 Å². The molecule has 0 aliphatic carbocycles. The smallest absolute Gasteiger partial charge is 0.134 e. The van der Waals surface area contributed by atoms with Crippen LogP contribution in [0.1, 0.15) is 25.2 Å². The molecule has 2 rings (SSSR count). The van der Waals surface area contributed by atoms with E-state index in [1.807, 2.05) is 19.1 Å². The number of hydrogen-bond acceptors (Lipinski definition) is 3. The number of hydrogen-bond donors (Lipinski definition) is 1. The summed E-state index contributed by atoms with van der Waals surface area (Å²) >= 11 is 0. The van der Waals surface area contributed by atoms with Crippen LogP contribution in [-0.4, -0.2) is 29.2 Å². The fourth-order valence-corrected chi connectivity index (χ4v) is 2.41. The van der Waals surface area contributed by atoms with E-state index in [0.717, 1.165) is 29.2 Å². The molecule has 1 heterocycles. The van der Waals surface area contributed by atoms with Crippen LogP contribution in [0.2, 0.25) is 0 Å². The van der Waals surface area contributed by atoms with Crippen LogP contribution in [0.25, 0.3) is 11.3 Å². The standard InChI is InChI=1S/C17H22FNO2/c1-4-19(10-13(3)20)11-15-6-8-17(21-15)16-7-5-14(18)9-12(16)2/h5-9,13,20H,4,10-11H2,1-3H3/t13-/m0/s1. The first-order chi connectivity index (χ1) is 9.99. The molecular weight excluding hydrogens is 269 g/mol. The van der Waals surface area contributed by atoms with Crippen molar-refractivity contribution in [3.8, 4) is 11.3 Å². The Labute approximate surface area is 125 Å². The van der Waals surface area contributed by atoms with Gasteiger partial charge in [-0.25, -0.2) is 4.39 Å². The summed E-state index contributed by atoms with van der Waals surface area (Å²) in [6, 6.07) is 8.52. The molecule has 0 amide bonds. The zero-order valence-electron chi connectivity index (χ0n) is 12.8. The average molecular weight is 291 g/mol. The summed E-state index contributed by atoms with van der Waals surface area (Å²) in [6.07, 6.45) is -0.362. The molecule has 4 heteroatoms. The van der Waals surface area contributed by atoms with Gasteiger partial charge in [0.2, 0.25) is 0 Å². The second-order valence-corrected chi connectivity index (χ2v) is 5.40. The fourth-order valence-electron chi connectivity index (χ4n) is 2.41. The normalized spacial score (nSPS) is 12.9. The van der Waals surface area contributed by atoms with Crippen molar-refractivity contribution in [2.45, 2.75) is 33.4 Å². The lowest BCUT2D eigenvalue weighted by atomic mass is 10.1. The number of nitrogens with zero attached hydrogens (tertiary/aromatic N) is 1. The number of benzene rings is 1. The predicted molar refractivity (Wildman–Crippen MR) is 81.5 cm³/mol. The lowest BCUT2D eigenvalue weighted by Gasteiger charge is -2.20. The number of aryl methyl sites for hydroxylation is 1. The summed E-state index contributed by atoms with van der Waals surface area (Å²) in [5.74, 6) is 1.35. The minimum atomic E-state index is -0.362. The van der Waals surface area contributed by atoms with Crippen LogP contribution < -0.4 is 0 Å². The molecule has 1 atom stereocenters. The average Bonchev–Trinajstić information content (AvgIpc) is 2.85. The summed E-state index contributed by atoms with van der Waals surface area (Å²) < 4.78 is 19.0. The largest absolute Gasteiger partial charge is 0.460 e. The Balaban J connectivity index is 2.14. The minimum absolute atomic E-state index is 0.239. The molecule has 1 aromatic heterocycles. The Kier molecular flexibility index (Phi) is 5.15. The molecule has 3 nitrogen and oxygen atoms in total. The molecule has 114 valence electrons. The van der Waals surface area contributed by atoms with Crippen molar-refractivity contribution >= 4 is 0 Å². The molecule has 0 aliphatic heterocycles. The van der Waals surface area contributed by atoms with Crippen molar-refractivity contribution in [2.24, 2.45) is 0 Å². The maximum absolute atomic E-state index is 13.1. The predicted octanol–water partition coefficient (Wildman–Crippen LogP) is 3.60. The lowest BCUT2D eigenvalue weighted by molar-refractivity contribution is 0.121. The van der Waals surface area contributed by atoms with E-state index in [9.17, 15) is 9.50 Å². The van der Waals surface area contributed by atoms with Gasteiger partial charge in [0.1, 0.15) is 17.3 Å². The molecule has 0 unspecified atom stereocenters. The van der Waals surface area contributed by atoms with Gasteiger partial charge in [0.15, 0.2) is 0 Å². The van der Waals surface area contributed by atoms with Gasteiger partial charge in [-0.05, 0) is 56.3 Å². The zero-order valence-corrected chi connectivity index (χ0v) is 12.8. The molecule has 1 aromatic carbocycles. The van der Waals surface area contributed by atoms with Gasteiger partial charge >= 0.3 is 0 Å². The number of rotatable bonds is 6. The monoisotopic (exact) mass is 291 g/mol. The van der Waals surface area contributed by atoms with E-state index in [0.29, 0.717) is 13.1 Å². The summed E-state index contributed by atoms with van der Waals surface area (Å²) in [6.45, 7) is 7.81. The second kappa shape index (κ2) is 6.87. The van der Waals surface area contributed by atoms with E-state index in [4.69, 9.17) is 4.42 Å². The third-order valence-electron chi connectivity index (χ3n) is 3.46. The molecule has 0 saturated heterocycles. The number of aliphatic hydroxyl groups excluding tert-OH is 1. The molecule has 0 radical (unpaired) electrons. The molecular formula is C17H22FNO2. The Hall–Kier alpha value is -1.65. The Morgan fingerprint density at radius 3 is 2.67 bits per heavy atom. The van der Waals surface area contributed by atoms with Crippen LogP contribution in [0.15, 0.2) is 34.7 Å². The maximum atomic E-state index is 13.1. The van der Waals surface area contributed by atoms with Crippen molar-refractivity contribution in [1.82, 2.24) is 4.90 Å². The van der Waals surface area contributed by atoms with Crippen LogP contribution in [0.4, 0.5) is 4.39 Å². The van der Waals surface area contributed by atoms with Gasteiger partial charge in [-0.3, -0.25) is 4.90 Å².